The molecule has 0 aromatic heterocycles. The highest BCUT2D eigenvalue weighted by Crippen LogP contribution is 2.17. The average Bonchev–Trinajstić information content (AvgIpc) is 2.38. The lowest BCUT2D eigenvalue weighted by atomic mass is 10.2. The number of benzene rings is 1. The molecule has 1 rings (SSSR count). The molecule has 18 heavy (non-hydrogen) atoms. The molecule has 4 nitrogen and oxygen atoms in total. The van der Waals surface area contributed by atoms with Crippen molar-refractivity contribution in [1.82, 2.24) is 4.31 Å². The van der Waals surface area contributed by atoms with Crippen LogP contribution < -0.4 is 0 Å². The third-order valence-electron chi connectivity index (χ3n) is 2.41. The van der Waals surface area contributed by atoms with E-state index < -0.39 is 10.0 Å². The molecule has 5 heteroatoms. The largest absolute Gasteiger partial charge is 0.243 e. The number of rotatable bonds is 6. The summed E-state index contributed by atoms with van der Waals surface area (Å²) in [6.45, 7) is 6.19. The van der Waals surface area contributed by atoms with Crippen LogP contribution in [0.5, 0.6) is 0 Å². The number of nitriles is 1. The molecule has 1 aromatic carbocycles. The van der Waals surface area contributed by atoms with Crippen LogP contribution in [0.2, 0.25) is 0 Å². The van der Waals surface area contributed by atoms with Gasteiger partial charge in [0, 0.05) is 13.1 Å². The van der Waals surface area contributed by atoms with Gasteiger partial charge in [0.1, 0.15) is 0 Å². The summed E-state index contributed by atoms with van der Waals surface area (Å²) >= 11 is 0. The van der Waals surface area contributed by atoms with Crippen molar-refractivity contribution in [2.75, 3.05) is 13.1 Å². The molecule has 0 amide bonds. The summed E-state index contributed by atoms with van der Waals surface area (Å²) < 4.78 is 26.1. The fourth-order valence-corrected chi connectivity index (χ4v) is 3.13. The lowest BCUT2D eigenvalue weighted by Crippen LogP contribution is -2.32. The molecule has 0 saturated carbocycles. The Kier molecular flexibility index (Phi) is 5.08. The van der Waals surface area contributed by atoms with Gasteiger partial charge >= 0.3 is 0 Å². The van der Waals surface area contributed by atoms with Crippen molar-refractivity contribution in [2.24, 2.45) is 0 Å². The van der Waals surface area contributed by atoms with E-state index in [9.17, 15) is 8.42 Å². The third-order valence-corrected chi connectivity index (χ3v) is 4.27. The highest BCUT2D eigenvalue weighted by Gasteiger charge is 2.22. The second kappa shape index (κ2) is 6.34. The van der Waals surface area contributed by atoms with E-state index in [0.717, 1.165) is 6.42 Å². The summed E-state index contributed by atoms with van der Waals surface area (Å²) in [6.07, 6.45) is 2.28. The Bertz CT molecular complexity index is 559. The van der Waals surface area contributed by atoms with E-state index in [1.807, 2.05) is 13.0 Å². The predicted octanol–water partition coefficient (Wildman–Crippen LogP) is 2.14. The smallest absolute Gasteiger partial charge is 0.207 e. The predicted molar refractivity (Wildman–Crippen MR) is 70.4 cm³/mol. The number of sulfonamides is 1. The zero-order chi connectivity index (χ0) is 13.6. The average molecular weight is 264 g/mol. The molecule has 0 saturated heterocycles. The van der Waals surface area contributed by atoms with Gasteiger partial charge in [0.2, 0.25) is 10.0 Å². The van der Waals surface area contributed by atoms with Crippen LogP contribution in [-0.2, 0) is 10.0 Å². The molecule has 0 aliphatic heterocycles. The first-order chi connectivity index (χ1) is 8.56. The van der Waals surface area contributed by atoms with Crippen LogP contribution in [0.1, 0.15) is 18.9 Å². The minimum atomic E-state index is -3.55. The lowest BCUT2D eigenvalue weighted by Gasteiger charge is -2.20. The molecule has 0 bridgehead atoms. The van der Waals surface area contributed by atoms with Gasteiger partial charge in [-0.3, -0.25) is 0 Å². The van der Waals surface area contributed by atoms with Crippen molar-refractivity contribution in [1.29, 1.82) is 5.26 Å². The summed E-state index contributed by atoms with van der Waals surface area (Å²) in [5.74, 6) is 0. The number of hydrogen-bond donors (Lipinski definition) is 0. The third kappa shape index (κ3) is 3.19. The number of nitrogens with zero attached hydrogens (tertiary/aromatic N) is 2. The van der Waals surface area contributed by atoms with Gasteiger partial charge in [0.25, 0.3) is 0 Å². The van der Waals surface area contributed by atoms with Crippen molar-refractivity contribution in [3.05, 3.63) is 42.5 Å². The molecule has 1 aromatic rings. The summed E-state index contributed by atoms with van der Waals surface area (Å²) in [5.41, 5.74) is 0.339. The van der Waals surface area contributed by atoms with Crippen molar-refractivity contribution in [3.63, 3.8) is 0 Å². The van der Waals surface area contributed by atoms with Crippen LogP contribution in [-0.4, -0.2) is 25.8 Å². The monoisotopic (exact) mass is 264 g/mol. The molecule has 0 aliphatic carbocycles. The minimum Gasteiger partial charge on any atom is -0.207 e. The van der Waals surface area contributed by atoms with Gasteiger partial charge in [0.15, 0.2) is 0 Å². The van der Waals surface area contributed by atoms with Gasteiger partial charge in [-0.15, -0.1) is 6.58 Å². The summed E-state index contributed by atoms with van der Waals surface area (Å²) in [5, 5.41) is 8.80. The Labute approximate surface area is 108 Å². The molecule has 0 fully saturated rings. The van der Waals surface area contributed by atoms with E-state index in [2.05, 4.69) is 6.58 Å². The van der Waals surface area contributed by atoms with Crippen molar-refractivity contribution < 1.29 is 8.42 Å². The normalized spacial score (nSPS) is 11.2. The van der Waals surface area contributed by atoms with Gasteiger partial charge in [-0.05, 0) is 24.6 Å². The standard InChI is InChI=1S/C13H16N2O2S/c1-3-8-15(9-4-2)18(16,17)13-7-5-6-12(10-13)11-14/h3,5-7,10H,1,4,8-9H2,2H3. The molecule has 0 unspecified atom stereocenters. The molecular weight excluding hydrogens is 248 g/mol. The Morgan fingerprint density at radius 1 is 1.50 bits per heavy atom. The molecule has 0 atom stereocenters. The highest BCUT2D eigenvalue weighted by atomic mass is 32.2. The maximum Gasteiger partial charge on any atom is 0.243 e. The van der Waals surface area contributed by atoms with Gasteiger partial charge in [-0.25, -0.2) is 8.42 Å². The second-order valence-electron chi connectivity index (χ2n) is 3.79. The Hall–Kier alpha value is -1.64. The van der Waals surface area contributed by atoms with E-state index >= 15 is 0 Å². The summed E-state index contributed by atoms with van der Waals surface area (Å²) in [7, 11) is -3.55. The SMILES string of the molecule is C=CCN(CCC)S(=O)(=O)c1cccc(C#N)c1. The van der Waals surface area contributed by atoms with Crippen molar-refractivity contribution in [3.8, 4) is 6.07 Å². The van der Waals surface area contributed by atoms with E-state index in [4.69, 9.17) is 5.26 Å². The molecule has 96 valence electrons. The Morgan fingerprint density at radius 3 is 2.78 bits per heavy atom. The van der Waals surface area contributed by atoms with Gasteiger partial charge in [-0.1, -0.05) is 19.1 Å². The van der Waals surface area contributed by atoms with Crippen LogP contribution in [0.15, 0.2) is 41.8 Å². The van der Waals surface area contributed by atoms with Crippen LogP contribution in [0.3, 0.4) is 0 Å². The maximum atomic E-state index is 12.3. The van der Waals surface area contributed by atoms with E-state index in [0.29, 0.717) is 12.1 Å². The van der Waals surface area contributed by atoms with E-state index in [-0.39, 0.29) is 11.4 Å². The summed E-state index contributed by atoms with van der Waals surface area (Å²) in [6, 6.07) is 7.98. The van der Waals surface area contributed by atoms with Gasteiger partial charge < -0.3 is 0 Å². The molecule has 0 heterocycles. The topological polar surface area (TPSA) is 61.2 Å². The minimum absolute atomic E-state index is 0.150. The van der Waals surface area contributed by atoms with Crippen molar-refractivity contribution >= 4 is 10.0 Å². The molecule has 0 aliphatic rings. The lowest BCUT2D eigenvalue weighted by molar-refractivity contribution is 0.441. The molecular formula is C13H16N2O2S. The molecule has 0 N–H and O–H groups in total. The quantitative estimate of drug-likeness (QED) is 0.740. The maximum absolute atomic E-state index is 12.3. The second-order valence-corrected chi connectivity index (χ2v) is 5.73. The number of hydrogen-bond acceptors (Lipinski definition) is 3. The fourth-order valence-electron chi connectivity index (χ4n) is 1.58. The first-order valence-corrected chi connectivity index (χ1v) is 7.11. The fraction of sp³-hybridized carbons (Fsp3) is 0.308. The first-order valence-electron chi connectivity index (χ1n) is 5.67. The van der Waals surface area contributed by atoms with E-state index in [1.165, 1.54) is 16.4 Å². The highest BCUT2D eigenvalue weighted by molar-refractivity contribution is 7.89. The van der Waals surface area contributed by atoms with Crippen LogP contribution >= 0.6 is 0 Å². The zero-order valence-electron chi connectivity index (χ0n) is 10.3. The van der Waals surface area contributed by atoms with Gasteiger partial charge in [-0.2, -0.15) is 9.57 Å². The van der Waals surface area contributed by atoms with Crippen LogP contribution in [0.4, 0.5) is 0 Å². The Balaban J connectivity index is 3.17. The Morgan fingerprint density at radius 2 is 2.22 bits per heavy atom. The zero-order valence-corrected chi connectivity index (χ0v) is 11.2. The molecule has 0 radical (unpaired) electrons. The van der Waals surface area contributed by atoms with Crippen molar-refractivity contribution in [2.45, 2.75) is 18.2 Å². The first kappa shape index (κ1) is 14.4. The van der Waals surface area contributed by atoms with Crippen LogP contribution in [0.25, 0.3) is 0 Å². The van der Waals surface area contributed by atoms with Gasteiger partial charge in [0.05, 0.1) is 16.5 Å². The molecule has 0 spiro atoms. The summed E-state index contributed by atoms with van der Waals surface area (Å²) in [4.78, 5) is 0.150. The van der Waals surface area contributed by atoms with E-state index in [1.54, 1.807) is 18.2 Å². The van der Waals surface area contributed by atoms with Crippen LogP contribution in [0, 0.1) is 11.3 Å².